The second kappa shape index (κ2) is 10.8. The third kappa shape index (κ3) is 5.95. The molecule has 0 heterocycles. The molecule has 208 valence electrons. The lowest BCUT2D eigenvalue weighted by Gasteiger charge is -2.24. The Balaban J connectivity index is 0.000000380. The molecule has 2 rings (SSSR count). The maximum absolute atomic E-state index is 11.2. The lowest BCUT2D eigenvalue weighted by molar-refractivity contribution is -0.396. The lowest BCUT2D eigenvalue weighted by atomic mass is 9.79. The molecular formula is C26H36N4O8. The van der Waals surface area contributed by atoms with Gasteiger partial charge in [-0.3, -0.25) is 40.5 Å². The summed E-state index contributed by atoms with van der Waals surface area (Å²) in [6.45, 7) is 20.9. The molecule has 0 unspecified atom stereocenters. The van der Waals surface area contributed by atoms with E-state index in [2.05, 4.69) is 0 Å². The van der Waals surface area contributed by atoms with Crippen molar-refractivity contribution < 1.29 is 19.7 Å². The summed E-state index contributed by atoms with van der Waals surface area (Å²) in [5.74, 6) is 0. The standard InChI is InChI=1S/2C13H18N2O4/c2*1-7-10(13(4,5)6)8(2)12(15(18)19)9(3)11(7)14(16)17/h2*1-6H3. The molecule has 0 aromatic heterocycles. The molecule has 0 aliphatic carbocycles. The maximum Gasteiger partial charge on any atom is 0.282 e. The van der Waals surface area contributed by atoms with E-state index in [-0.39, 0.29) is 33.9 Å². The second-order valence-corrected chi connectivity index (χ2v) is 11.4. The Morgan fingerprint density at radius 3 is 0.658 bits per heavy atom. The van der Waals surface area contributed by atoms with Crippen LogP contribution in [0.4, 0.5) is 22.7 Å². The van der Waals surface area contributed by atoms with Crippen molar-refractivity contribution >= 4 is 22.7 Å². The van der Waals surface area contributed by atoms with Gasteiger partial charge in [0.25, 0.3) is 22.7 Å². The van der Waals surface area contributed by atoms with Crippen molar-refractivity contribution in [2.24, 2.45) is 0 Å². The first kappa shape index (κ1) is 32.1. The molecule has 0 amide bonds. The molecule has 0 atom stereocenters. The van der Waals surface area contributed by atoms with Crippen molar-refractivity contribution in [1.29, 1.82) is 0 Å². The van der Waals surface area contributed by atoms with Gasteiger partial charge >= 0.3 is 0 Å². The van der Waals surface area contributed by atoms with Crippen molar-refractivity contribution in [3.63, 3.8) is 0 Å². The molecule has 12 heteroatoms. The highest BCUT2D eigenvalue weighted by Gasteiger charge is 2.35. The average molecular weight is 533 g/mol. The summed E-state index contributed by atoms with van der Waals surface area (Å²) in [7, 11) is 0. The average Bonchev–Trinajstić information content (AvgIpc) is 2.64. The third-order valence-corrected chi connectivity index (χ3v) is 6.57. The molecule has 0 bridgehead atoms. The van der Waals surface area contributed by atoms with Crippen LogP contribution in [0.3, 0.4) is 0 Å². The Bertz CT molecular complexity index is 1160. The quantitative estimate of drug-likeness (QED) is 0.288. The van der Waals surface area contributed by atoms with E-state index in [0.717, 1.165) is 0 Å². The second-order valence-electron chi connectivity index (χ2n) is 11.4. The first-order chi connectivity index (χ1) is 17.0. The minimum atomic E-state index is -0.535. The van der Waals surface area contributed by atoms with Gasteiger partial charge in [-0.1, -0.05) is 41.5 Å². The highest BCUT2D eigenvalue weighted by atomic mass is 16.6. The molecule has 2 aromatic carbocycles. The van der Waals surface area contributed by atoms with Crippen LogP contribution in [0.25, 0.3) is 0 Å². The Kier molecular flexibility index (Phi) is 9.11. The smallest absolute Gasteiger partial charge is 0.258 e. The zero-order valence-corrected chi connectivity index (χ0v) is 24.1. The maximum atomic E-state index is 11.2. The number of rotatable bonds is 4. The summed E-state index contributed by atoms with van der Waals surface area (Å²) in [6.07, 6.45) is 0. The summed E-state index contributed by atoms with van der Waals surface area (Å²) < 4.78 is 0. The van der Waals surface area contributed by atoms with Gasteiger partial charge in [0.1, 0.15) is 11.1 Å². The number of nitro groups is 4. The summed E-state index contributed by atoms with van der Waals surface area (Å²) in [4.78, 5) is 42.6. The molecule has 12 nitrogen and oxygen atoms in total. The van der Waals surface area contributed by atoms with Gasteiger partial charge in [-0.15, -0.1) is 0 Å². The molecule has 0 fully saturated rings. The summed E-state index contributed by atoms with van der Waals surface area (Å²) >= 11 is 0. The van der Waals surface area contributed by atoms with Crippen molar-refractivity contribution in [1.82, 2.24) is 0 Å². The third-order valence-electron chi connectivity index (χ3n) is 6.57. The van der Waals surface area contributed by atoms with Crippen LogP contribution in [0, 0.1) is 82.0 Å². The Morgan fingerprint density at radius 1 is 0.395 bits per heavy atom. The number of nitrogens with zero attached hydrogens (tertiary/aromatic N) is 4. The van der Waals surface area contributed by atoms with E-state index < -0.39 is 30.5 Å². The van der Waals surface area contributed by atoms with Crippen molar-refractivity contribution in [3.8, 4) is 0 Å². The molecule has 0 aliphatic rings. The minimum absolute atomic E-state index is 0.123. The normalized spacial score (nSPS) is 11.5. The molecule has 0 aliphatic heterocycles. The van der Waals surface area contributed by atoms with Crippen LogP contribution in [-0.2, 0) is 10.8 Å². The number of benzene rings is 2. The molecule has 0 saturated carbocycles. The Labute approximate surface area is 221 Å². The number of hydrogen-bond donors (Lipinski definition) is 0. The first-order valence-electron chi connectivity index (χ1n) is 11.9. The van der Waals surface area contributed by atoms with Gasteiger partial charge in [0.2, 0.25) is 0 Å². The van der Waals surface area contributed by atoms with Crippen LogP contribution >= 0.6 is 0 Å². The van der Waals surface area contributed by atoms with Gasteiger partial charge in [-0.2, -0.15) is 0 Å². The van der Waals surface area contributed by atoms with Gasteiger partial charge in [0, 0.05) is 22.3 Å². The van der Waals surface area contributed by atoms with Gasteiger partial charge in [-0.25, -0.2) is 0 Å². The lowest BCUT2D eigenvalue weighted by Crippen LogP contribution is -2.18. The molecule has 0 radical (unpaired) electrons. The predicted octanol–water partition coefficient (Wildman–Crippen LogP) is 7.45. The topological polar surface area (TPSA) is 173 Å². The van der Waals surface area contributed by atoms with E-state index in [9.17, 15) is 40.5 Å². The Hall–Kier alpha value is -3.96. The van der Waals surface area contributed by atoms with Gasteiger partial charge in [-0.05, 0) is 63.5 Å². The summed E-state index contributed by atoms with van der Waals surface area (Å²) in [5, 5.41) is 44.8. The fourth-order valence-corrected chi connectivity index (χ4v) is 5.73. The van der Waals surface area contributed by atoms with E-state index in [1.807, 2.05) is 41.5 Å². The van der Waals surface area contributed by atoms with E-state index in [4.69, 9.17) is 0 Å². The van der Waals surface area contributed by atoms with E-state index in [1.165, 1.54) is 13.8 Å². The predicted molar refractivity (Wildman–Crippen MR) is 145 cm³/mol. The molecule has 0 spiro atoms. The number of nitro benzene ring substituents is 4. The molecule has 0 saturated heterocycles. The molecule has 2 aromatic rings. The summed E-state index contributed by atoms with van der Waals surface area (Å²) in [6, 6.07) is 0. The van der Waals surface area contributed by atoms with Gasteiger partial charge in [0.15, 0.2) is 0 Å². The molecular weight excluding hydrogens is 496 g/mol. The van der Waals surface area contributed by atoms with Crippen molar-refractivity contribution in [3.05, 3.63) is 85.0 Å². The first-order valence-corrected chi connectivity index (χ1v) is 11.9. The van der Waals surface area contributed by atoms with Crippen molar-refractivity contribution in [2.45, 2.75) is 93.9 Å². The van der Waals surface area contributed by atoms with Gasteiger partial charge in [0.05, 0.1) is 19.7 Å². The largest absolute Gasteiger partial charge is 0.282 e. The van der Waals surface area contributed by atoms with E-state index >= 15 is 0 Å². The Morgan fingerprint density at radius 2 is 0.553 bits per heavy atom. The van der Waals surface area contributed by atoms with E-state index in [1.54, 1.807) is 27.7 Å². The highest BCUT2D eigenvalue weighted by molar-refractivity contribution is 5.67. The fraction of sp³-hybridized carbons (Fsp3) is 0.538. The van der Waals surface area contributed by atoms with Crippen LogP contribution in [-0.4, -0.2) is 19.7 Å². The van der Waals surface area contributed by atoms with Crippen molar-refractivity contribution in [2.75, 3.05) is 0 Å². The van der Waals surface area contributed by atoms with Crippen LogP contribution in [0.2, 0.25) is 0 Å². The summed E-state index contributed by atoms with van der Waals surface area (Å²) in [5.41, 5.74) is 2.26. The fourth-order valence-electron chi connectivity index (χ4n) is 5.73. The molecule has 0 N–H and O–H groups in total. The minimum Gasteiger partial charge on any atom is -0.258 e. The number of hydrogen-bond acceptors (Lipinski definition) is 8. The highest BCUT2D eigenvalue weighted by Crippen LogP contribution is 2.43. The monoisotopic (exact) mass is 532 g/mol. The van der Waals surface area contributed by atoms with Crippen LogP contribution in [0.5, 0.6) is 0 Å². The SMILES string of the molecule is Cc1c([N+](=O)[O-])c(C)c(C(C)(C)C)c(C)c1[N+](=O)[O-].Cc1c([N+](=O)[O-])c(C)c(C(C)(C)C)c(C)c1[N+](=O)[O-]. The van der Waals surface area contributed by atoms with Crippen LogP contribution < -0.4 is 0 Å². The van der Waals surface area contributed by atoms with E-state index in [0.29, 0.717) is 33.4 Å². The van der Waals surface area contributed by atoms with Gasteiger partial charge < -0.3 is 0 Å². The van der Waals surface area contributed by atoms with Crippen LogP contribution in [0.1, 0.15) is 86.1 Å². The zero-order chi connectivity index (χ0) is 30.2. The zero-order valence-electron chi connectivity index (χ0n) is 24.1. The van der Waals surface area contributed by atoms with Crippen LogP contribution in [0.15, 0.2) is 0 Å². The molecule has 38 heavy (non-hydrogen) atoms.